The molecule has 6 nitrogen and oxygen atoms in total. The Labute approximate surface area is 127 Å². The van der Waals surface area contributed by atoms with Gasteiger partial charge in [0.2, 0.25) is 0 Å². The molecule has 0 aromatic rings. The first-order chi connectivity index (χ1) is 9.70. The normalized spacial score (nSPS) is 22.1. The maximum atomic E-state index is 12.4. The average molecular weight is 299 g/mol. The molecule has 0 radical (unpaired) electrons. The van der Waals surface area contributed by atoms with Crippen LogP contribution in [0.15, 0.2) is 0 Å². The largest absolute Gasteiger partial charge is 0.481 e. The Hall–Kier alpha value is -1.30. The van der Waals surface area contributed by atoms with Crippen molar-refractivity contribution >= 4 is 12.0 Å². The van der Waals surface area contributed by atoms with Crippen molar-refractivity contribution < 1.29 is 14.7 Å². The van der Waals surface area contributed by atoms with Gasteiger partial charge in [-0.05, 0) is 39.4 Å². The Bertz CT molecular complexity index is 384. The van der Waals surface area contributed by atoms with Gasteiger partial charge in [0.1, 0.15) is 0 Å². The minimum absolute atomic E-state index is 0.0202. The molecule has 0 spiro atoms. The predicted octanol–water partition coefficient (Wildman–Crippen LogP) is 1.42. The van der Waals surface area contributed by atoms with E-state index in [1.165, 1.54) is 0 Å². The Morgan fingerprint density at radius 2 is 1.86 bits per heavy atom. The highest BCUT2D eigenvalue weighted by molar-refractivity contribution is 5.80. The number of hydrogen-bond donors (Lipinski definition) is 1. The van der Waals surface area contributed by atoms with Crippen LogP contribution in [0.25, 0.3) is 0 Å². The van der Waals surface area contributed by atoms with E-state index in [0.717, 1.165) is 13.0 Å². The summed E-state index contributed by atoms with van der Waals surface area (Å²) in [5.41, 5.74) is -0.792. The summed E-state index contributed by atoms with van der Waals surface area (Å²) in [4.78, 5) is 29.5. The van der Waals surface area contributed by atoms with Gasteiger partial charge in [0.05, 0.1) is 5.41 Å². The maximum absolute atomic E-state index is 12.4. The molecule has 0 aliphatic carbocycles. The first-order valence-electron chi connectivity index (χ1n) is 7.59. The highest BCUT2D eigenvalue weighted by Gasteiger charge is 2.48. The van der Waals surface area contributed by atoms with Crippen molar-refractivity contribution in [2.24, 2.45) is 11.3 Å². The summed E-state index contributed by atoms with van der Waals surface area (Å²) in [6.07, 6.45) is 1.45. The monoisotopic (exact) mass is 299 g/mol. The summed E-state index contributed by atoms with van der Waals surface area (Å²) in [7, 11) is 5.80. The number of aliphatic carboxylic acids is 1. The highest BCUT2D eigenvalue weighted by atomic mass is 16.4. The summed E-state index contributed by atoms with van der Waals surface area (Å²) in [6.45, 7) is 6.31. The molecule has 21 heavy (non-hydrogen) atoms. The number of urea groups is 1. The Kier molecular flexibility index (Phi) is 6.01. The predicted molar refractivity (Wildman–Crippen MR) is 82.3 cm³/mol. The third-order valence-corrected chi connectivity index (χ3v) is 4.53. The van der Waals surface area contributed by atoms with E-state index in [4.69, 9.17) is 0 Å². The van der Waals surface area contributed by atoms with Crippen LogP contribution >= 0.6 is 0 Å². The molecule has 1 saturated heterocycles. The van der Waals surface area contributed by atoms with Crippen LogP contribution in [0.3, 0.4) is 0 Å². The maximum Gasteiger partial charge on any atom is 0.319 e. The number of rotatable bonds is 6. The van der Waals surface area contributed by atoms with E-state index in [9.17, 15) is 14.7 Å². The van der Waals surface area contributed by atoms with Crippen LogP contribution in [-0.4, -0.2) is 79.1 Å². The van der Waals surface area contributed by atoms with Gasteiger partial charge in [-0.15, -0.1) is 0 Å². The van der Waals surface area contributed by atoms with Crippen molar-refractivity contribution in [2.45, 2.75) is 26.7 Å². The molecule has 0 aromatic heterocycles. The topological polar surface area (TPSA) is 64.1 Å². The molecule has 1 atom stereocenters. The van der Waals surface area contributed by atoms with Crippen LogP contribution in [0.2, 0.25) is 0 Å². The lowest BCUT2D eigenvalue weighted by atomic mass is 9.76. The number of carbonyl (C=O) groups is 2. The van der Waals surface area contributed by atoms with Gasteiger partial charge in [0.15, 0.2) is 0 Å². The molecule has 0 saturated carbocycles. The molecule has 1 N–H and O–H groups in total. The van der Waals surface area contributed by atoms with Crippen LogP contribution in [-0.2, 0) is 4.79 Å². The summed E-state index contributed by atoms with van der Waals surface area (Å²) in [6, 6.07) is -0.0578. The van der Waals surface area contributed by atoms with Crippen molar-refractivity contribution in [3.05, 3.63) is 0 Å². The van der Waals surface area contributed by atoms with Gasteiger partial charge in [-0.3, -0.25) is 4.79 Å². The smallest absolute Gasteiger partial charge is 0.319 e. The highest BCUT2D eigenvalue weighted by Crippen LogP contribution is 2.38. The SMILES string of the molecule is CC(C)C1(C(=O)O)CCN(C(=O)N(C)CCCN(C)C)C1. The molecule has 0 aromatic carbocycles. The Morgan fingerprint density at radius 1 is 1.24 bits per heavy atom. The third-order valence-electron chi connectivity index (χ3n) is 4.53. The molecule has 1 unspecified atom stereocenters. The molecular weight excluding hydrogens is 270 g/mol. The number of nitrogens with zero attached hydrogens (tertiary/aromatic N) is 3. The molecular formula is C15H29N3O3. The van der Waals surface area contributed by atoms with E-state index in [2.05, 4.69) is 4.90 Å². The summed E-state index contributed by atoms with van der Waals surface area (Å²) >= 11 is 0. The minimum Gasteiger partial charge on any atom is -0.481 e. The molecule has 0 bridgehead atoms. The zero-order valence-electron chi connectivity index (χ0n) is 13.9. The van der Waals surface area contributed by atoms with Crippen molar-refractivity contribution in [3.63, 3.8) is 0 Å². The van der Waals surface area contributed by atoms with E-state index in [1.54, 1.807) is 16.8 Å². The minimum atomic E-state index is -0.792. The van der Waals surface area contributed by atoms with Gasteiger partial charge in [0, 0.05) is 26.7 Å². The lowest BCUT2D eigenvalue weighted by molar-refractivity contribution is -0.150. The van der Waals surface area contributed by atoms with E-state index in [-0.39, 0.29) is 11.9 Å². The van der Waals surface area contributed by atoms with Crippen LogP contribution in [0.1, 0.15) is 26.7 Å². The second-order valence-corrected chi connectivity index (χ2v) is 6.65. The molecule has 1 aliphatic rings. The van der Waals surface area contributed by atoms with E-state index >= 15 is 0 Å². The van der Waals surface area contributed by atoms with Crippen LogP contribution in [0.4, 0.5) is 4.79 Å². The van der Waals surface area contributed by atoms with E-state index in [1.807, 2.05) is 27.9 Å². The van der Waals surface area contributed by atoms with Crippen LogP contribution in [0, 0.1) is 11.3 Å². The summed E-state index contributed by atoms with van der Waals surface area (Å²) in [5.74, 6) is -0.769. The Morgan fingerprint density at radius 3 is 2.29 bits per heavy atom. The molecule has 1 fully saturated rings. The Balaban J connectivity index is 2.59. The van der Waals surface area contributed by atoms with E-state index < -0.39 is 11.4 Å². The standard InChI is InChI=1S/C15H29N3O3/c1-12(2)15(13(19)20)7-10-18(11-15)14(21)17(5)9-6-8-16(3)4/h12H,6-11H2,1-5H3,(H,19,20). The molecule has 1 aliphatic heterocycles. The molecule has 1 heterocycles. The second-order valence-electron chi connectivity index (χ2n) is 6.65. The van der Waals surface area contributed by atoms with Crippen molar-refractivity contribution in [1.82, 2.24) is 14.7 Å². The van der Waals surface area contributed by atoms with Crippen LogP contribution in [0.5, 0.6) is 0 Å². The first-order valence-corrected chi connectivity index (χ1v) is 7.59. The number of carboxylic acid groups (broad SMARTS) is 1. The first kappa shape index (κ1) is 17.8. The fourth-order valence-electron chi connectivity index (χ4n) is 2.85. The van der Waals surface area contributed by atoms with Gasteiger partial charge < -0.3 is 19.8 Å². The van der Waals surface area contributed by atoms with Crippen molar-refractivity contribution in [1.29, 1.82) is 0 Å². The lowest BCUT2D eigenvalue weighted by Crippen LogP contribution is -2.44. The number of amides is 2. The lowest BCUT2D eigenvalue weighted by Gasteiger charge is -2.30. The van der Waals surface area contributed by atoms with Gasteiger partial charge in [-0.25, -0.2) is 4.79 Å². The van der Waals surface area contributed by atoms with Gasteiger partial charge in [-0.2, -0.15) is 0 Å². The second kappa shape index (κ2) is 7.11. The molecule has 2 amide bonds. The zero-order valence-corrected chi connectivity index (χ0v) is 13.9. The van der Waals surface area contributed by atoms with Gasteiger partial charge >= 0.3 is 12.0 Å². The van der Waals surface area contributed by atoms with Crippen molar-refractivity contribution in [3.8, 4) is 0 Å². The number of hydrogen-bond acceptors (Lipinski definition) is 3. The third kappa shape index (κ3) is 4.09. The number of likely N-dealkylation sites (tertiary alicyclic amines) is 1. The molecule has 1 rings (SSSR count). The quantitative estimate of drug-likeness (QED) is 0.806. The number of carboxylic acids is 1. The molecule has 6 heteroatoms. The van der Waals surface area contributed by atoms with Gasteiger partial charge in [0.25, 0.3) is 0 Å². The fraction of sp³-hybridized carbons (Fsp3) is 0.867. The van der Waals surface area contributed by atoms with Crippen molar-refractivity contribution in [2.75, 3.05) is 47.3 Å². The summed E-state index contributed by atoms with van der Waals surface area (Å²) in [5, 5.41) is 9.52. The average Bonchev–Trinajstić information content (AvgIpc) is 2.83. The van der Waals surface area contributed by atoms with Gasteiger partial charge in [-0.1, -0.05) is 13.8 Å². The molecule has 122 valence electrons. The number of carbonyl (C=O) groups excluding carboxylic acids is 1. The van der Waals surface area contributed by atoms with E-state index in [0.29, 0.717) is 26.1 Å². The zero-order chi connectivity index (χ0) is 16.2. The van der Waals surface area contributed by atoms with Crippen LogP contribution < -0.4 is 0 Å². The fourth-order valence-corrected chi connectivity index (χ4v) is 2.85. The summed E-state index contributed by atoms with van der Waals surface area (Å²) < 4.78 is 0.